The zero-order valence-electron chi connectivity index (χ0n) is 11.3. The summed E-state index contributed by atoms with van der Waals surface area (Å²) >= 11 is 7.04. The van der Waals surface area contributed by atoms with E-state index in [1.54, 1.807) is 17.5 Å². The molecule has 8 nitrogen and oxygen atoms in total. The minimum atomic E-state index is -0.681. The largest absolute Gasteiger partial charge is 0.319 e. The number of hydrogen-bond donors (Lipinski definition) is 2. The molecule has 10 heteroatoms. The topological polar surface area (TPSA) is 114 Å². The fourth-order valence-corrected chi connectivity index (χ4v) is 2.67. The molecule has 2 heterocycles. The predicted octanol–water partition coefficient (Wildman–Crippen LogP) is 3.35. The van der Waals surface area contributed by atoms with Gasteiger partial charge in [-0.05, 0) is 12.1 Å². The Hall–Kier alpha value is -2.78. The van der Waals surface area contributed by atoms with Gasteiger partial charge in [0.1, 0.15) is 6.20 Å². The minimum absolute atomic E-state index is 0.224. The van der Waals surface area contributed by atoms with E-state index in [2.05, 4.69) is 20.5 Å². The molecule has 0 atom stereocenters. The van der Waals surface area contributed by atoms with Gasteiger partial charge in [-0.1, -0.05) is 23.7 Å². The molecule has 0 aliphatic heterocycles. The van der Waals surface area contributed by atoms with Gasteiger partial charge < -0.3 is 0 Å². The van der Waals surface area contributed by atoms with Crippen LogP contribution >= 0.6 is 22.9 Å². The van der Waals surface area contributed by atoms with E-state index in [9.17, 15) is 14.9 Å². The monoisotopic (exact) mass is 349 g/mol. The highest BCUT2D eigenvalue weighted by Crippen LogP contribution is 2.26. The van der Waals surface area contributed by atoms with E-state index in [1.165, 1.54) is 11.3 Å². The molecule has 0 unspecified atom stereocenters. The summed E-state index contributed by atoms with van der Waals surface area (Å²) in [7, 11) is 0. The first kappa shape index (κ1) is 15.1. The molecule has 116 valence electrons. The van der Waals surface area contributed by atoms with Gasteiger partial charge in [0, 0.05) is 16.0 Å². The number of benzene rings is 1. The number of nitro groups is 1. The maximum Gasteiger partial charge on any atom is 0.319 e. The fourth-order valence-electron chi connectivity index (χ4n) is 1.83. The lowest BCUT2D eigenvalue weighted by atomic mass is 10.2. The molecule has 3 rings (SSSR count). The molecular formula is C13H8ClN5O3S. The van der Waals surface area contributed by atoms with Crippen molar-refractivity contribution in [3.05, 3.63) is 56.7 Å². The van der Waals surface area contributed by atoms with Gasteiger partial charge in [0.2, 0.25) is 5.69 Å². The maximum absolute atomic E-state index is 12.1. The summed E-state index contributed by atoms with van der Waals surface area (Å²) in [6.45, 7) is 0. The Balaban J connectivity index is 1.79. The number of anilines is 1. The molecule has 1 aromatic carbocycles. The molecule has 0 fully saturated rings. The molecular weight excluding hydrogens is 342 g/mol. The Bertz CT molecular complexity index is 874. The summed E-state index contributed by atoms with van der Waals surface area (Å²) in [5.74, 6) is -0.675. The highest BCUT2D eigenvalue weighted by molar-refractivity contribution is 7.14. The molecule has 0 saturated heterocycles. The van der Waals surface area contributed by atoms with Crippen LogP contribution in [0.15, 0.2) is 35.8 Å². The van der Waals surface area contributed by atoms with Crippen molar-refractivity contribution < 1.29 is 9.72 Å². The molecule has 0 radical (unpaired) electrons. The summed E-state index contributed by atoms with van der Waals surface area (Å²) in [5.41, 5.74) is 0.898. The number of nitrogens with one attached hydrogen (secondary N) is 2. The van der Waals surface area contributed by atoms with E-state index in [0.717, 1.165) is 11.8 Å². The SMILES string of the molecule is O=C(Nc1nc(-c2ccc(Cl)cc2)cs1)c1[nH]ncc1[N+](=O)[O-]. The number of amides is 1. The van der Waals surface area contributed by atoms with Crippen LogP contribution in [0.5, 0.6) is 0 Å². The van der Waals surface area contributed by atoms with Gasteiger partial charge in [-0.25, -0.2) is 4.98 Å². The summed E-state index contributed by atoms with van der Waals surface area (Å²) in [4.78, 5) is 26.4. The van der Waals surface area contributed by atoms with Crippen molar-refractivity contribution in [3.8, 4) is 11.3 Å². The zero-order valence-corrected chi connectivity index (χ0v) is 12.9. The van der Waals surface area contributed by atoms with E-state index in [-0.39, 0.29) is 5.69 Å². The van der Waals surface area contributed by atoms with Crippen LogP contribution in [0.25, 0.3) is 11.3 Å². The molecule has 0 spiro atoms. The quantitative estimate of drug-likeness (QED) is 0.553. The van der Waals surface area contributed by atoms with Gasteiger partial charge in [-0.3, -0.25) is 25.3 Å². The first-order valence-corrected chi connectivity index (χ1v) is 7.51. The summed E-state index contributed by atoms with van der Waals surface area (Å²) in [6, 6.07) is 7.09. The van der Waals surface area contributed by atoms with Crippen molar-refractivity contribution in [2.24, 2.45) is 0 Å². The average molecular weight is 350 g/mol. The van der Waals surface area contributed by atoms with E-state index in [0.29, 0.717) is 15.8 Å². The summed E-state index contributed by atoms with van der Waals surface area (Å²) < 4.78 is 0. The minimum Gasteiger partial charge on any atom is -0.296 e. The van der Waals surface area contributed by atoms with Crippen LogP contribution in [-0.2, 0) is 0 Å². The number of hydrogen-bond acceptors (Lipinski definition) is 6. The van der Waals surface area contributed by atoms with Gasteiger partial charge in [0.25, 0.3) is 5.91 Å². The number of H-pyrrole nitrogens is 1. The number of carbonyl (C=O) groups excluding carboxylic acids is 1. The number of aromatic nitrogens is 3. The van der Waals surface area contributed by atoms with Crippen molar-refractivity contribution in [1.29, 1.82) is 0 Å². The lowest BCUT2D eigenvalue weighted by Gasteiger charge is -1.99. The molecule has 23 heavy (non-hydrogen) atoms. The van der Waals surface area contributed by atoms with Crippen LogP contribution in [0.1, 0.15) is 10.5 Å². The number of carbonyl (C=O) groups is 1. The van der Waals surface area contributed by atoms with Gasteiger partial charge in [-0.2, -0.15) is 5.10 Å². The van der Waals surface area contributed by atoms with Gasteiger partial charge >= 0.3 is 5.69 Å². The van der Waals surface area contributed by atoms with E-state index in [1.807, 2.05) is 12.1 Å². The number of rotatable bonds is 4. The van der Waals surface area contributed by atoms with E-state index >= 15 is 0 Å². The Labute approximate surface area is 138 Å². The third kappa shape index (κ3) is 3.20. The second kappa shape index (κ2) is 6.15. The molecule has 2 N–H and O–H groups in total. The summed E-state index contributed by atoms with van der Waals surface area (Å²) in [6.07, 6.45) is 0.982. The predicted molar refractivity (Wildman–Crippen MR) is 85.8 cm³/mol. The van der Waals surface area contributed by atoms with Crippen LogP contribution in [-0.4, -0.2) is 26.0 Å². The summed E-state index contributed by atoms with van der Waals surface area (Å²) in [5, 5.41) is 21.8. The molecule has 0 aliphatic rings. The molecule has 0 bridgehead atoms. The first-order valence-electron chi connectivity index (χ1n) is 6.25. The molecule has 2 aromatic heterocycles. The Morgan fingerprint density at radius 1 is 1.35 bits per heavy atom. The fraction of sp³-hybridized carbons (Fsp3) is 0. The van der Waals surface area contributed by atoms with Gasteiger partial charge in [0.05, 0.1) is 10.6 Å². The van der Waals surface area contributed by atoms with Crippen molar-refractivity contribution in [2.75, 3.05) is 5.32 Å². The normalized spacial score (nSPS) is 10.5. The number of aromatic amines is 1. The first-order chi connectivity index (χ1) is 11.0. The average Bonchev–Trinajstić information content (AvgIpc) is 3.16. The third-order valence-corrected chi connectivity index (χ3v) is 3.92. The van der Waals surface area contributed by atoms with Crippen molar-refractivity contribution in [1.82, 2.24) is 15.2 Å². The molecule has 3 aromatic rings. The Morgan fingerprint density at radius 3 is 2.78 bits per heavy atom. The molecule has 1 amide bonds. The van der Waals surface area contributed by atoms with E-state index in [4.69, 9.17) is 11.6 Å². The van der Waals surface area contributed by atoms with Gasteiger partial charge in [-0.15, -0.1) is 11.3 Å². The number of halogens is 1. The highest BCUT2D eigenvalue weighted by Gasteiger charge is 2.23. The standard InChI is InChI=1S/C13H8ClN5O3S/c14-8-3-1-7(2-4-8)9-6-23-13(16-9)17-12(20)11-10(19(21)22)5-15-18-11/h1-6H,(H,15,18)(H,16,17,20). The number of thiazole rings is 1. The van der Waals surface area contributed by atoms with Crippen molar-refractivity contribution in [2.45, 2.75) is 0 Å². The maximum atomic E-state index is 12.1. The second-order valence-electron chi connectivity index (χ2n) is 4.39. The zero-order chi connectivity index (χ0) is 16.4. The lowest BCUT2D eigenvalue weighted by Crippen LogP contribution is -2.14. The third-order valence-electron chi connectivity index (χ3n) is 2.91. The van der Waals surface area contributed by atoms with Gasteiger partial charge in [0.15, 0.2) is 5.13 Å². The van der Waals surface area contributed by atoms with E-state index < -0.39 is 16.5 Å². The van der Waals surface area contributed by atoms with Crippen LogP contribution in [0.4, 0.5) is 10.8 Å². The number of nitrogens with zero attached hydrogens (tertiary/aromatic N) is 3. The van der Waals surface area contributed by atoms with Crippen molar-refractivity contribution in [3.63, 3.8) is 0 Å². The van der Waals surface area contributed by atoms with Crippen LogP contribution in [0.2, 0.25) is 5.02 Å². The highest BCUT2D eigenvalue weighted by atomic mass is 35.5. The molecule has 0 saturated carbocycles. The second-order valence-corrected chi connectivity index (χ2v) is 5.68. The van der Waals surface area contributed by atoms with Crippen LogP contribution in [0.3, 0.4) is 0 Å². The lowest BCUT2D eigenvalue weighted by molar-refractivity contribution is -0.385. The molecule has 0 aliphatic carbocycles. The Morgan fingerprint density at radius 2 is 2.09 bits per heavy atom. The Kier molecular flexibility index (Phi) is 4.04. The van der Waals surface area contributed by atoms with Crippen LogP contribution < -0.4 is 5.32 Å². The van der Waals surface area contributed by atoms with Crippen molar-refractivity contribution >= 4 is 39.7 Å². The smallest absolute Gasteiger partial charge is 0.296 e. The van der Waals surface area contributed by atoms with Crippen LogP contribution in [0, 0.1) is 10.1 Å².